The molecule has 1 atom stereocenters. The van der Waals surface area contributed by atoms with E-state index >= 15 is 0 Å². The zero-order valence-electron chi connectivity index (χ0n) is 11.7. The van der Waals surface area contributed by atoms with Crippen molar-refractivity contribution in [3.8, 4) is 0 Å². The van der Waals surface area contributed by atoms with Gasteiger partial charge in [-0.25, -0.2) is 9.59 Å². The van der Waals surface area contributed by atoms with E-state index in [4.69, 9.17) is 10.2 Å². The predicted octanol–water partition coefficient (Wildman–Crippen LogP) is -0.442. The average Bonchev–Trinajstić information content (AvgIpc) is 2.32. The number of carboxylic acid groups (broad SMARTS) is 1. The number of aliphatic hydroxyl groups excluding tert-OH is 1. The van der Waals surface area contributed by atoms with Crippen LogP contribution >= 0.6 is 0 Å². The predicted molar refractivity (Wildman–Crippen MR) is 69.9 cm³/mol. The molecule has 0 unspecified atom stereocenters. The second kappa shape index (κ2) is 6.21. The summed E-state index contributed by atoms with van der Waals surface area (Å²) in [7, 11) is 2.03. The van der Waals surface area contributed by atoms with Crippen LogP contribution in [0.2, 0.25) is 0 Å². The summed E-state index contributed by atoms with van der Waals surface area (Å²) in [6.45, 7) is 6.36. The van der Waals surface area contributed by atoms with Crippen molar-refractivity contribution in [2.75, 3.05) is 33.2 Å². The second-order valence-corrected chi connectivity index (χ2v) is 5.53. The number of amides is 2. The molecule has 0 aromatic rings. The molecule has 0 aromatic carbocycles. The molecule has 0 saturated carbocycles. The summed E-state index contributed by atoms with van der Waals surface area (Å²) in [6.07, 6.45) is -1.41. The number of rotatable bonds is 4. The van der Waals surface area contributed by atoms with Crippen LogP contribution in [-0.2, 0) is 4.79 Å². The van der Waals surface area contributed by atoms with Crippen LogP contribution in [0.4, 0.5) is 4.79 Å². The third-order valence-corrected chi connectivity index (χ3v) is 3.58. The zero-order valence-corrected chi connectivity index (χ0v) is 11.7. The Bertz CT molecular complexity index is 346. The van der Waals surface area contributed by atoms with Crippen LogP contribution < -0.4 is 5.32 Å². The summed E-state index contributed by atoms with van der Waals surface area (Å²) in [5.74, 6) is -1.27. The van der Waals surface area contributed by atoms with Crippen molar-refractivity contribution in [3.05, 3.63) is 0 Å². The molecule has 0 aromatic heterocycles. The lowest BCUT2D eigenvalue weighted by Crippen LogP contribution is -2.60. The number of urea groups is 1. The summed E-state index contributed by atoms with van der Waals surface area (Å²) < 4.78 is 0. The van der Waals surface area contributed by atoms with E-state index in [1.165, 1.54) is 0 Å². The average molecular weight is 273 g/mol. The van der Waals surface area contributed by atoms with Gasteiger partial charge < -0.3 is 20.4 Å². The van der Waals surface area contributed by atoms with Crippen LogP contribution in [0, 0.1) is 0 Å². The minimum atomic E-state index is -1.43. The Hall–Kier alpha value is -1.34. The Labute approximate surface area is 113 Å². The Kier molecular flexibility index (Phi) is 5.13. The monoisotopic (exact) mass is 273 g/mol. The lowest BCUT2D eigenvalue weighted by Gasteiger charge is -2.45. The molecular weight excluding hydrogens is 250 g/mol. The first-order valence-electron chi connectivity index (χ1n) is 6.39. The van der Waals surface area contributed by atoms with Gasteiger partial charge in [-0.2, -0.15) is 0 Å². The molecule has 1 fully saturated rings. The van der Waals surface area contributed by atoms with E-state index in [9.17, 15) is 9.59 Å². The minimum Gasteiger partial charge on any atom is -0.479 e. The molecule has 0 spiro atoms. The molecule has 1 saturated heterocycles. The highest BCUT2D eigenvalue weighted by Crippen LogP contribution is 2.18. The minimum absolute atomic E-state index is 0.0121. The summed E-state index contributed by atoms with van der Waals surface area (Å²) >= 11 is 0. The lowest BCUT2D eigenvalue weighted by molar-refractivity contribution is -0.146. The first kappa shape index (κ1) is 15.7. The van der Waals surface area contributed by atoms with Gasteiger partial charge in [0.25, 0.3) is 0 Å². The maximum absolute atomic E-state index is 11.9. The maximum Gasteiger partial charge on any atom is 0.332 e. The van der Waals surface area contributed by atoms with E-state index in [1.54, 1.807) is 4.90 Å². The summed E-state index contributed by atoms with van der Waals surface area (Å²) in [5, 5.41) is 20.2. The molecule has 1 aliphatic rings. The smallest absolute Gasteiger partial charge is 0.332 e. The van der Waals surface area contributed by atoms with Crippen LogP contribution in [0.3, 0.4) is 0 Å². The number of carbonyl (C=O) groups is 2. The molecule has 0 bridgehead atoms. The van der Waals surface area contributed by atoms with Crippen molar-refractivity contribution in [1.82, 2.24) is 15.1 Å². The van der Waals surface area contributed by atoms with Crippen molar-refractivity contribution in [2.45, 2.75) is 31.9 Å². The van der Waals surface area contributed by atoms with Gasteiger partial charge in [-0.1, -0.05) is 0 Å². The number of aliphatic carboxylic acids is 1. The van der Waals surface area contributed by atoms with Crippen LogP contribution in [0.5, 0.6) is 0 Å². The van der Waals surface area contributed by atoms with Crippen molar-refractivity contribution in [3.63, 3.8) is 0 Å². The number of piperazine rings is 1. The van der Waals surface area contributed by atoms with Gasteiger partial charge in [0.15, 0.2) is 6.10 Å². The molecule has 1 heterocycles. The van der Waals surface area contributed by atoms with Crippen molar-refractivity contribution in [2.24, 2.45) is 0 Å². The van der Waals surface area contributed by atoms with Crippen LogP contribution in [-0.4, -0.2) is 76.9 Å². The highest BCUT2D eigenvalue weighted by molar-refractivity contribution is 5.75. The summed E-state index contributed by atoms with van der Waals surface area (Å²) in [4.78, 5) is 26.2. The fraction of sp³-hybridized carbons (Fsp3) is 0.833. The lowest BCUT2D eigenvalue weighted by atomic mass is 10.0. The molecule has 1 aliphatic heterocycles. The van der Waals surface area contributed by atoms with Gasteiger partial charge in [0, 0.05) is 38.1 Å². The zero-order chi connectivity index (χ0) is 14.6. The molecule has 7 heteroatoms. The Morgan fingerprint density at radius 1 is 1.37 bits per heavy atom. The molecule has 0 radical (unpaired) electrons. The summed E-state index contributed by atoms with van der Waals surface area (Å²) in [5.41, 5.74) is -0.0732. The standard InChI is InChI=1S/C12H23N3O4/c1-12(2)8-15(7-6-14(12)3)11(19)13-5-4-9(16)10(17)18/h9,16H,4-8H2,1-3H3,(H,13,19)(H,17,18)/t9-/m0/s1. The number of likely N-dealkylation sites (N-methyl/N-ethyl adjacent to an activating group) is 1. The molecule has 3 N–H and O–H groups in total. The number of carbonyl (C=O) groups excluding carboxylic acids is 1. The fourth-order valence-corrected chi connectivity index (χ4v) is 1.96. The van der Waals surface area contributed by atoms with Crippen LogP contribution in [0.15, 0.2) is 0 Å². The van der Waals surface area contributed by atoms with Crippen LogP contribution in [0.1, 0.15) is 20.3 Å². The van der Waals surface area contributed by atoms with E-state index < -0.39 is 12.1 Å². The Balaban J connectivity index is 2.36. The molecule has 0 aliphatic carbocycles. The number of aliphatic hydroxyl groups is 1. The third kappa shape index (κ3) is 4.36. The largest absolute Gasteiger partial charge is 0.479 e. The molecule has 1 rings (SSSR count). The van der Waals surface area contributed by atoms with Crippen LogP contribution in [0.25, 0.3) is 0 Å². The topological polar surface area (TPSA) is 93.1 Å². The van der Waals surface area contributed by atoms with Gasteiger partial charge in [-0.15, -0.1) is 0 Å². The number of hydrogen-bond acceptors (Lipinski definition) is 4. The van der Waals surface area contributed by atoms with Crippen molar-refractivity contribution >= 4 is 12.0 Å². The first-order valence-corrected chi connectivity index (χ1v) is 6.39. The molecule has 7 nitrogen and oxygen atoms in total. The number of hydrogen-bond donors (Lipinski definition) is 3. The highest BCUT2D eigenvalue weighted by atomic mass is 16.4. The van der Waals surface area contributed by atoms with E-state index in [0.29, 0.717) is 13.1 Å². The fourth-order valence-electron chi connectivity index (χ4n) is 1.96. The first-order chi connectivity index (χ1) is 8.74. The van der Waals surface area contributed by atoms with E-state index in [2.05, 4.69) is 24.1 Å². The molecule has 19 heavy (non-hydrogen) atoms. The SMILES string of the molecule is CN1CCN(C(=O)NCC[C@H](O)C(=O)O)CC1(C)C. The molecular formula is C12H23N3O4. The van der Waals surface area contributed by atoms with Gasteiger partial charge in [-0.3, -0.25) is 4.90 Å². The summed E-state index contributed by atoms with van der Waals surface area (Å²) in [6, 6.07) is -0.209. The number of nitrogens with one attached hydrogen (secondary N) is 1. The van der Waals surface area contributed by atoms with Gasteiger partial charge in [-0.05, 0) is 20.9 Å². The van der Waals surface area contributed by atoms with E-state index in [1.807, 2.05) is 7.05 Å². The van der Waals surface area contributed by atoms with E-state index in [0.717, 1.165) is 6.54 Å². The molecule has 2 amide bonds. The Morgan fingerprint density at radius 3 is 2.53 bits per heavy atom. The maximum atomic E-state index is 11.9. The Morgan fingerprint density at radius 2 is 2.00 bits per heavy atom. The van der Waals surface area contributed by atoms with Crippen molar-refractivity contribution in [1.29, 1.82) is 0 Å². The highest BCUT2D eigenvalue weighted by Gasteiger charge is 2.33. The molecule has 110 valence electrons. The van der Waals surface area contributed by atoms with Gasteiger partial charge in [0.2, 0.25) is 0 Å². The normalized spacial score (nSPS) is 20.9. The third-order valence-electron chi connectivity index (χ3n) is 3.58. The van der Waals surface area contributed by atoms with Gasteiger partial charge in [0.1, 0.15) is 0 Å². The second-order valence-electron chi connectivity index (χ2n) is 5.53. The quantitative estimate of drug-likeness (QED) is 0.645. The van der Waals surface area contributed by atoms with Gasteiger partial charge in [0.05, 0.1) is 0 Å². The number of carboxylic acids is 1. The van der Waals surface area contributed by atoms with Gasteiger partial charge >= 0.3 is 12.0 Å². The van der Waals surface area contributed by atoms with E-state index in [-0.39, 0.29) is 24.5 Å². The van der Waals surface area contributed by atoms with Crippen molar-refractivity contribution < 1.29 is 19.8 Å². The number of nitrogens with zero attached hydrogens (tertiary/aromatic N) is 2.